The Bertz CT molecular complexity index is 886. The first kappa shape index (κ1) is 18.5. The van der Waals surface area contributed by atoms with Crippen molar-refractivity contribution in [3.63, 3.8) is 0 Å². The van der Waals surface area contributed by atoms with Crippen LogP contribution in [0.3, 0.4) is 0 Å². The molecule has 2 amide bonds. The minimum atomic E-state index is -0.619. The fraction of sp³-hybridized carbons (Fsp3) is 0.429. The predicted octanol–water partition coefficient (Wildman–Crippen LogP) is 2.80. The molecule has 1 spiro atoms. The third kappa shape index (κ3) is 3.74. The molecule has 146 valence electrons. The van der Waals surface area contributed by atoms with Crippen LogP contribution in [0.4, 0.5) is 4.39 Å². The van der Waals surface area contributed by atoms with Crippen LogP contribution in [0.25, 0.3) is 11.4 Å². The van der Waals surface area contributed by atoms with Gasteiger partial charge in [0.05, 0.1) is 11.1 Å². The number of nitrogens with one attached hydrogen (secondary N) is 1. The minimum absolute atomic E-state index is 0.0623. The first-order valence-electron chi connectivity index (χ1n) is 9.64. The topological polar surface area (TPSA) is 75.2 Å². The number of amides is 2. The number of likely N-dealkylation sites (tertiary alicyclic amines) is 1. The van der Waals surface area contributed by atoms with Crippen LogP contribution in [0, 0.1) is 11.2 Å². The van der Waals surface area contributed by atoms with Crippen LogP contribution in [-0.2, 0) is 4.79 Å². The molecular formula is C21H23FN4O2. The van der Waals surface area contributed by atoms with E-state index in [4.69, 9.17) is 0 Å². The monoisotopic (exact) mass is 382 g/mol. The molecule has 2 fully saturated rings. The summed E-state index contributed by atoms with van der Waals surface area (Å²) in [6.45, 7) is 3.22. The van der Waals surface area contributed by atoms with Crippen LogP contribution < -0.4 is 5.32 Å². The Morgan fingerprint density at radius 1 is 1.11 bits per heavy atom. The highest BCUT2D eigenvalue weighted by molar-refractivity contribution is 5.97. The Kier molecular flexibility index (Phi) is 4.83. The van der Waals surface area contributed by atoms with Gasteiger partial charge in [0, 0.05) is 25.5 Å². The fourth-order valence-electron chi connectivity index (χ4n) is 3.72. The van der Waals surface area contributed by atoms with E-state index in [1.807, 2.05) is 4.90 Å². The molecule has 4 rings (SSSR count). The first-order chi connectivity index (χ1) is 13.5. The largest absolute Gasteiger partial charge is 0.341 e. The number of piperidine rings is 1. The lowest BCUT2D eigenvalue weighted by molar-refractivity contribution is -0.134. The van der Waals surface area contributed by atoms with E-state index in [0.29, 0.717) is 5.41 Å². The van der Waals surface area contributed by atoms with Crippen molar-refractivity contribution in [1.29, 1.82) is 0 Å². The van der Waals surface area contributed by atoms with Gasteiger partial charge in [0.1, 0.15) is 11.9 Å². The normalized spacial score (nSPS) is 18.6. The van der Waals surface area contributed by atoms with Crippen molar-refractivity contribution in [3.05, 3.63) is 48.0 Å². The summed E-state index contributed by atoms with van der Waals surface area (Å²) in [4.78, 5) is 35.1. The van der Waals surface area contributed by atoms with Crippen molar-refractivity contribution < 1.29 is 14.0 Å². The van der Waals surface area contributed by atoms with E-state index >= 15 is 0 Å². The zero-order valence-corrected chi connectivity index (χ0v) is 15.8. The molecule has 1 N–H and O–H groups in total. The smallest absolute Gasteiger partial charge is 0.255 e. The molecule has 2 heterocycles. The molecule has 1 aliphatic heterocycles. The van der Waals surface area contributed by atoms with Crippen LogP contribution >= 0.6 is 0 Å². The standard InChI is InChI=1S/C21H23FN4O2/c1-14(20(28)26-10-8-21(6-7-21)9-11-26)25-19(27)15-12-23-18(24-13-15)16-4-2-3-5-17(16)22/h2-5,12-14H,6-11H2,1H3,(H,25,27)/t14-/m0/s1. The van der Waals surface area contributed by atoms with Gasteiger partial charge in [-0.15, -0.1) is 0 Å². The zero-order valence-electron chi connectivity index (χ0n) is 15.8. The summed E-state index contributed by atoms with van der Waals surface area (Å²) in [5, 5.41) is 2.72. The Morgan fingerprint density at radius 3 is 2.36 bits per heavy atom. The molecule has 1 saturated carbocycles. The van der Waals surface area contributed by atoms with E-state index < -0.39 is 17.8 Å². The Morgan fingerprint density at radius 2 is 1.75 bits per heavy atom. The van der Waals surface area contributed by atoms with Gasteiger partial charge in [0.15, 0.2) is 5.82 Å². The van der Waals surface area contributed by atoms with Crippen molar-refractivity contribution in [2.45, 2.75) is 38.6 Å². The van der Waals surface area contributed by atoms with Gasteiger partial charge >= 0.3 is 0 Å². The molecule has 1 aliphatic carbocycles. The highest BCUT2D eigenvalue weighted by Gasteiger charge is 2.45. The number of halogens is 1. The Balaban J connectivity index is 1.36. The van der Waals surface area contributed by atoms with Gasteiger partial charge in [0.25, 0.3) is 5.91 Å². The average molecular weight is 382 g/mol. The molecule has 6 nitrogen and oxygen atoms in total. The van der Waals surface area contributed by atoms with Crippen molar-refractivity contribution in [2.24, 2.45) is 5.41 Å². The minimum Gasteiger partial charge on any atom is -0.341 e. The molecule has 28 heavy (non-hydrogen) atoms. The molecule has 2 aromatic rings. The molecule has 7 heteroatoms. The van der Waals surface area contributed by atoms with Crippen molar-refractivity contribution >= 4 is 11.8 Å². The van der Waals surface area contributed by atoms with E-state index in [1.54, 1.807) is 25.1 Å². The van der Waals surface area contributed by atoms with Crippen molar-refractivity contribution in [1.82, 2.24) is 20.2 Å². The highest BCUT2D eigenvalue weighted by Crippen LogP contribution is 2.53. The molecule has 0 bridgehead atoms. The zero-order chi connectivity index (χ0) is 19.7. The molecule has 0 radical (unpaired) electrons. The summed E-state index contributed by atoms with van der Waals surface area (Å²) in [7, 11) is 0. The van der Waals surface area contributed by atoms with Gasteiger partial charge in [-0.05, 0) is 50.2 Å². The first-order valence-corrected chi connectivity index (χ1v) is 9.64. The average Bonchev–Trinajstić information content (AvgIpc) is 3.47. The van der Waals surface area contributed by atoms with Gasteiger partial charge in [-0.1, -0.05) is 12.1 Å². The van der Waals surface area contributed by atoms with E-state index in [1.165, 1.54) is 31.3 Å². The van der Waals surface area contributed by atoms with Crippen LogP contribution in [0.15, 0.2) is 36.7 Å². The van der Waals surface area contributed by atoms with Crippen molar-refractivity contribution in [2.75, 3.05) is 13.1 Å². The maximum atomic E-state index is 13.8. The van der Waals surface area contributed by atoms with Crippen LogP contribution in [0.2, 0.25) is 0 Å². The van der Waals surface area contributed by atoms with Gasteiger partial charge in [-0.3, -0.25) is 9.59 Å². The molecule has 0 unspecified atom stereocenters. The lowest BCUT2D eigenvalue weighted by Crippen LogP contribution is -2.49. The predicted molar refractivity (Wildman–Crippen MR) is 102 cm³/mol. The molecular weight excluding hydrogens is 359 g/mol. The summed E-state index contributed by atoms with van der Waals surface area (Å²) in [6, 6.07) is 5.58. The second-order valence-electron chi connectivity index (χ2n) is 7.80. The van der Waals surface area contributed by atoms with Crippen LogP contribution in [0.1, 0.15) is 43.0 Å². The number of rotatable bonds is 4. The summed E-state index contributed by atoms with van der Waals surface area (Å²) in [6.07, 6.45) is 7.38. The van der Waals surface area contributed by atoms with Crippen molar-refractivity contribution in [3.8, 4) is 11.4 Å². The maximum Gasteiger partial charge on any atom is 0.255 e. The van der Waals surface area contributed by atoms with E-state index in [2.05, 4.69) is 15.3 Å². The number of hydrogen-bond acceptors (Lipinski definition) is 4. The summed E-state index contributed by atoms with van der Waals surface area (Å²) in [5.41, 5.74) is 1.01. The van der Waals surface area contributed by atoms with Crippen LogP contribution in [-0.4, -0.2) is 45.8 Å². The maximum absolute atomic E-state index is 13.8. The summed E-state index contributed by atoms with van der Waals surface area (Å²) < 4.78 is 13.8. The second-order valence-corrected chi connectivity index (χ2v) is 7.80. The number of carbonyl (C=O) groups excluding carboxylic acids is 2. The molecule has 1 aromatic heterocycles. The highest BCUT2D eigenvalue weighted by atomic mass is 19.1. The number of aromatic nitrogens is 2. The Labute approximate surface area is 163 Å². The third-order valence-electron chi connectivity index (χ3n) is 5.84. The summed E-state index contributed by atoms with van der Waals surface area (Å²) in [5.74, 6) is -0.695. The van der Waals surface area contributed by atoms with Crippen LogP contribution in [0.5, 0.6) is 0 Å². The quantitative estimate of drug-likeness (QED) is 0.882. The van der Waals surface area contributed by atoms with E-state index in [9.17, 15) is 14.0 Å². The number of benzene rings is 1. The van der Waals surface area contributed by atoms with Gasteiger partial charge in [-0.2, -0.15) is 0 Å². The van der Waals surface area contributed by atoms with Gasteiger partial charge < -0.3 is 10.2 Å². The molecule has 1 saturated heterocycles. The van der Waals surface area contributed by atoms with E-state index in [-0.39, 0.29) is 22.9 Å². The molecule has 1 atom stereocenters. The Hall–Kier alpha value is -2.83. The fourth-order valence-corrected chi connectivity index (χ4v) is 3.72. The summed E-state index contributed by atoms with van der Waals surface area (Å²) >= 11 is 0. The van der Waals surface area contributed by atoms with Gasteiger partial charge in [-0.25, -0.2) is 14.4 Å². The second kappa shape index (κ2) is 7.30. The molecule has 2 aliphatic rings. The number of nitrogens with zero attached hydrogens (tertiary/aromatic N) is 3. The lowest BCUT2D eigenvalue weighted by Gasteiger charge is -2.33. The lowest BCUT2D eigenvalue weighted by atomic mass is 9.93. The van der Waals surface area contributed by atoms with Gasteiger partial charge in [0.2, 0.25) is 5.91 Å². The SMILES string of the molecule is C[C@H](NC(=O)c1cnc(-c2ccccc2F)nc1)C(=O)N1CCC2(CC1)CC2. The number of hydrogen-bond donors (Lipinski definition) is 1. The third-order valence-corrected chi connectivity index (χ3v) is 5.84. The number of carbonyl (C=O) groups is 2. The molecule has 1 aromatic carbocycles. The van der Waals surface area contributed by atoms with E-state index in [0.717, 1.165) is 25.9 Å².